The van der Waals surface area contributed by atoms with Gasteiger partial charge in [-0.1, -0.05) is 36.4 Å². The molecular weight excluding hydrogens is 376 g/mol. The summed E-state index contributed by atoms with van der Waals surface area (Å²) in [6.45, 7) is 5.29. The summed E-state index contributed by atoms with van der Waals surface area (Å²) in [6, 6.07) is 15.6. The van der Waals surface area contributed by atoms with E-state index in [1.165, 1.54) is 0 Å². The lowest BCUT2D eigenvalue weighted by atomic mass is 9.95. The number of piperazine rings is 1. The zero-order chi connectivity index (χ0) is 20.8. The van der Waals surface area contributed by atoms with Crippen molar-refractivity contribution < 1.29 is 9.59 Å². The average Bonchev–Trinajstić information content (AvgIpc) is 3.22. The Morgan fingerprint density at radius 1 is 1.03 bits per heavy atom. The molecule has 2 aliphatic heterocycles. The zero-order valence-corrected chi connectivity index (χ0v) is 17.4. The van der Waals surface area contributed by atoms with Crippen molar-refractivity contribution in [2.75, 3.05) is 39.8 Å². The second-order valence-corrected chi connectivity index (χ2v) is 8.32. The van der Waals surface area contributed by atoms with Crippen molar-refractivity contribution >= 4 is 22.7 Å². The smallest absolute Gasteiger partial charge is 0.255 e. The molecule has 0 radical (unpaired) electrons. The molecule has 1 saturated heterocycles. The summed E-state index contributed by atoms with van der Waals surface area (Å²) in [5.74, 6) is -0.0468. The van der Waals surface area contributed by atoms with Crippen LogP contribution in [0, 0.1) is 6.92 Å². The van der Waals surface area contributed by atoms with Crippen LogP contribution in [0.5, 0.6) is 0 Å². The van der Waals surface area contributed by atoms with E-state index < -0.39 is 0 Å². The van der Waals surface area contributed by atoms with Crippen molar-refractivity contribution in [1.29, 1.82) is 0 Å². The number of hydrogen-bond acceptors (Lipinski definition) is 3. The Labute approximate surface area is 176 Å². The van der Waals surface area contributed by atoms with Gasteiger partial charge in [-0.25, -0.2) is 0 Å². The lowest BCUT2D eigenvalue weighted by Crippen LogP contribution is -2.50. The molecule has 2 aliphatic rings. The number of para-hydroxylation sites is 1. The number of carbonyl (C=O) groups excluding carboxylic acids is 2. The highest BCUT2D eigenvalue weighted by molar-refractivity contribution is 6.02. The third kappa shape index (κ3) is 2.99. The molecule has 1 atom stereocenters. The summed E-state index contributed by atoms with van der Waals surface area (Å²) >= 11 is 0. The maximum Gasteiger partial charge on any atom is 0.255 e. The molecule has 0 bridgehead atoms. The number of fused-ring (bicyclic) bond motifs is 2. The molecule has 2 aromatic carbocycles. The number of H-pyrrole nitrogens is 1. The van der Waals surface area contributed by atoms with Gasteiger partial charge in [-0.3, -0.25) is 9.59 Å². The zero-order valence-electron chi connectivity index (χ0n) is 17.4. The number of benzene rings is 2. The Morgan fingerprint density at radius 3 is 2.53 bits per heavy atom. The van der Waals surface area contributed by atoms with Crippen LogP contribution >= 0.6 is 0 Å². The fourth-order valence-electron chi connectivity index (χ4n) is 4.80. The molecule has 154 valence electrons. The lowest BCUT2D eigenvalue weighted by molar-refractivity contribution is -0.133. The molecule has 0 saturated carbocycles. The van der Waals surface area contributed by atoms with Crippen molar-refractivity contribution in [1.82, 2.24) is 19.7 Å². The summed E-state index contributed by atoms with van der Waals surface area (Å²) < 4.78 is 0. The Morgan fingerprint density at radius 2 is 1.73 bits per heavy atom. The van der Waals surface area contributed by atoms with E-state index in [1.807, 2.05) is 54.3 Å². The van der Waals surface area contributed by atoms with Crippen molar-refractivity contribution in [3.05, 3.63) is 70.9 Å². The third-order valence-corrected chi connectivity index (χ3v) is 6.44. The van der Waals surface area contributed by atoms with Gasteiger partial charge in [0.15, 0.2) is 0 Å². The number of aromatic amines is 1. The molecule has 30 heavy (non-hydrogen) atoms. The normalized spacial score (nSPS) is 19.5. The molecule has 0 spiro atoms. The minimum Gasteiger partial charge on any atom is -0.358 e. The van der Waals surface area contributed by atoms with Crippen molar-refractivity contribution in [2.24, 2.45) is 0 Å². The van der Waals surface area contributed by atoms with Gasteiger partial charge in [0, 0.05) is 53.9 Å². The summed E-state index contributed by atoms with van der Waals surface area (Å²) in [6.07, 6.45) is 0. The van der Waals surface area contributed by atoms with Crippen LogP contribution in [0.3, 0.4) is 0 Å². The number of nitrogens with one attached hydrogen (secondary N) is 1. The average molecular weight is 402 g/mol. The highest BCUT2D eigenvalue weighted by atomic mass is 16.2. The number of aryl methyl sites for hydroxylation is 1. The van der Waals surface area contributed by atoms with Gasteiger partial charge in [-0.05, 0) is 31.7 Å². The number of nitrogens with zero attached hydrogens (tertiary/aromatic N) is 3. The fraction of sp³-hybridized carbons (Fsp3) is 0.333. The van der Waals surface area contributed by atoms with E-state index in [1.54, 1.807) is 4.90 Å². The van der Waals surface area contributed by atoms with Gasteiger partial charge < -0.3 is 19.7 Å². The van der Waals surface area contributed by atoms with Crippen LogP contribution < -0.4 is 0 Å². The molecule has 1 fully saturated rings. The number of hydrogen-bond donors (Lipinski definition) is 1. The predicted octanol–water partition coefficient (Wildman–Crippen LogP) is 2.80. The molecule has 1 unspecified atom stereocenters. The van der Waals surface area contributed by atoms with E-state index in [9.17, 15) is 9.59 Å². The lowest BCUT2D eigenvalue weighted by Gasteiger charge is -2.34. The van der Waals surface area contributed by atoms with E-state index in [0.717, 1.165) is 40.8 Å². The second-order valence-electron chi connectivity index (χ2n) is 8.32. The van der Waals surface area contributed by atoms with Gasteiger partial charge in [-0.15, -0.1) is 0 Å². The first-order valence-corrected chi connectivity index (χ1v) is 10.5. The summed E-state index contributed by atoms with van der Waals surface area (Å²) in [5.41, 5.74) is 4.82. The third-order valence-electron chi connectivity index (χ3n) is 6.44. The molecule has 0 aliphatic carbocycles. The van der Waals surface area contributed by atoms with E-state index >= 15 is 0 Å². The molecule has 3 aromatic rings. The Hall–Kier alpha value is -3.12. The number of amides is 2. The van der Waals surface area contributed by atoms with Gasteiger partial charge in [0.1, 0.15) is 6.54 Å². The topological polar surface area (TPSA) is 59.7 Å². The van der Waals surface area contributed by atoms with Crippen LogP contribution in [0.2, 0.25) is 0 Å². The van der Waals surface area contributed by atoms with Crippen LogP contribution in [-0.4, -0.2) is 71.3 Å². The fourth-order valence-corrected chi connectivity index (χ4v) is 4.80. The molecular formula is C24H26N4O2. The van der Waals surface area contributed by atoms with E-state index in [2.05, 4.69) is 23.0 Å². The second kappa shape index (κ2) is 7.29. The Kier molecular flexibility index (Phi) is 4.59. The largest absolute Gasteiger partial charge is 0.358 e. The van der Waals surface area contributed by atoms with Crippen LogP contribution in [-0.2, 0) is 4.79 Å². The quantitative estimate of drug-likeness (QED) is 0.733. The SMILES string of the molecule is Cc1[nH]c2ccccc2c1C1c2ccccc2C(=O)N1CC(=O)N1CCN(C)CC1. The molecule has 5 rings (SSSR count). The molecule has 6 nitrogen and oxygen atoms in total. The van der Waals surface area contributed by atoms with Crippen LogP contribution in [0.15, 0.2) is 48.5 Å². The maximum atomic E-state index is 13.4. The van der Waals surface area contributed by atoms with Crippen molar-refractivity contribution in [3.63, 3.8) is 0 Å². The van der Waals surface area contributed by atoms with E-state index in [4.69, 9.17) is 0 Å². The minimum absolute atomic E-state index is 0.0201. The first kappa shape index (κ1) is 18.9. The van der Waals surface area contributed by atoms with Crippen molar-refractivity contribution in [2.45, 2.75) is 13.0 Å². The van der Waals surface area contributed by atoms with Crippen LogP contribution in [0.1, 0.15) is 33.2 Å². The number of rotatable bonds is 3. The van der Waals surface area contributed by atoms with Crippen LogP contribution in [0.25, 0.3) is 10.9 Å². The highest BCUT2D eigenvalue weighted by Crippen LogP contribution is 2.42. The molecule has 1 aromatic heterocycles. The number of carbonyl (C=O) groups is 2. The van der Waals surface area contributed by atoms with Gasteiger partial charge in [-0.2, -0.15) is 0 Å². The monoisotopic (exact) mass is 402 g/mol. The van der Waals surface area contributed by atoms with Gasteiger partial charge in [0.2, 0.25) is 5.91 Å². The summed E-state index contributed by atoms with van der Waals surface area (Å²) in [5, 5.41) is 1.10. The van der Waals surface area contributed by atoms with Crippen LogP contribution in [0.4, 0.5) is 0 Å². The molecule has 1 N–H and O–H groups in total. The molecule has 3 heterocycles. The van der Waals surface area contributed by atoms with Gasteiger partial charge in [0.25, 0.3) is 5.91 Å². The van der Waals surface area contributed by atoms with Gasteiger partial charge in [0.05, 0.1) is 6.04 Å². The predicted molar refractivity (Wildman–Crippen MR) is 116 cm³/mol. The number of aromatic nitrogens is 1. The highest BCUT2D eigenvalue weighted by Gasteiger charge is 2.41. The Balaban J connectivity index is 1.55. The van der Waals surface area contributed by atoms with Crippen molar-refractivity contribution in [3.8, 4) is 0 Å². The molecule has 2 amide bonds. The van der Waals surface area contributed by atoms with Gasteiger partial charge >= 0.3 is 0 Å². The number of likely N-dealkylation sites (N-methyl/N-ethyl adjacent to an activating group) is 1. The first-order valence-electron chi connectivity index (χ1n) is 10.5. The minimum atomic E-state index is -0.263. The summed E-state index contributed by atoms with van der Waals surface area (Å²) in [4.78, 5) is 35.8. The summed E-state index contributed by atoms with van der Waals surface area (Å²) in [7, 11) is 2.07. The first-order chi connectivity index (χ1) is 14.5. The van der Waals surface area contributed by atoms with E-state index in [-0.39, 0.29) is 24.4 Å². The Bertz CT molecular complexity index is 1130. The standard InChI is InChI=1S/C24H26N4O2/c1-16-22(19-9-5-6-10-20(19)25-16)23-17-7-3-4-8-18(17)24(30)28(23)15-21(29)27-13-11-26(2)12-14-27/h3-10,23,25H,11-15H2,1-2H3. The molecule has 6 heteroatoms. The van der Waals surface area contributed by atoms with E-state index in [0.29, 0.717) is 18.7 Å². The maximum absolute atomic E-state index is 13.4.